The van der Waals surface area contributed by atoms with Crippen LogP contribution in [0, 0.1) is 5.92 Å². The van der Waals surface area contributed by atoms with Gasteiger partial charge in [-0.2, -0.15) is 13.2 Å². The fraction of sp³-hybridized carbons (Fsp3) is 0.538. The molecule has 0 aliphatic heterocycles. The van der Waals surface area contributed by atoms with E-state index < -0.39 is 17.8 Å². The molecule has 0 spiro atoms. The third-order valence-corrected chi connectivity index (χ3v) is 3.95. The van der Waals surface area contributed by atoms with Gasteiger partial charge in [-0.3, -0.25) is 0 Å². The van der Waals surface area contributed by atoms with Crippen molar-refractivity contribution in [1.82, 2.24) is 0 Å². The number of halogens is 4. The molecular formula is C13H14BrF3O. The second kappa shape index (κ2) is 5.21. The molecule has 1 aliphatic carbocycles. The lowest BCUT2D eigenvalue weighted by Gasteiger charge is -2.15. The van der Waals surface area contributed by atoms with Crippen molar-refractivity contribution in [3.63, 3.8) is 0 Å². The number of hydrogen-bond donors (Lipinski definition) is 1. The Morgan fingerprint density at radius 3 is 2.56 bits per heavy atom. The van der Waals surface area contributed by atoms with E-state index in [1.165, 1.54) is 18.9 Å². The molecule has 1 atom stereocenters. The lowest BCUT2D eigenvalue weighted by Crippen LogP contribution is -2.07. The molecule has 1 nitrogen and oxygen atoms in total. The molecule has 100 valence electrons. The zero-order chi connectivity index (χ0) is 13.3. The molecule has 2 rings (SSSR count). The number of benzene rings is 1. The predicted molar refractivity (Wildman–Crippen MR) is 66.1 cm³/mol. The van der Waals surface area contributed by atoms with Gasteiger partial charge < -0.3 is 5.11 Å². The summed E-state index contributed by atoms with van der Waals surface area (Å²) in [7, 11) is 0. The summed E-state index contributed by atoms with van der Waals surface area (Å²) in [6.07, 6.45) is -1.45. The maximum absolute atomic E-state index is 12.6. The van der Waals surface area contributed by atoms with E-state index in [-0.39, 0.29) is 0 Å². The monoisotopic (exact) mass is 322 g/mol. The molecule has 1 aromatic carbocycles. The van der Waals surface area contributed by atoms with Gasteiger partial charge in [-0.1, -0.05) is 28.8 Å². The lowest BCUT2D eigenvalue weighted by molar-refractivity contribution is -0.137. The van der Waals surface area contributed by atoms with Crippen molar-refractivity contribution in [3.8, 4) is 0 Å². The van der Waals surface area contributed by atoms with E-state index in [2.05, 4.69) is 15.9 Å². The molecule has 0 saturated heterocycles. The van der Waals surface area contributed by atoms with Crippen LogP contribution in [0.15, 0.2) is 22.7 Å². The normalized spacial score (nSPS) is 17.8. The van der Waals surface area contributed by atoms with Crippen LogP contribution in [0.2, 0.25) is 0 Å². The van der Waals surface area contributed by atoms with Crippen LogP contribution >= 0.6 is 15.9 Å². The second-order valence-electron chi connectivity index (χ2n) is 4.77. The molecule has 0 heterocycles. The van der Waals surface area contributed by atoms with E-state index in [1.54, 1.807) is 0 Å². The highest BCUT2D eigenvalue weighted by molar-refractivity contribution is 9.10. The first-order valence-electron chi connectivity index (χ1n) is 5.92. The zero-order valence-electron chi connectivity index (χ0n) is 9.67. The molecule has 0 amide bonds. The van der Waals surface area contributed by atoms with Crippen molar-refractivity contribution < 1.29 is 18.3 Å². The van der Waals surface area contributed by atoms with E-state index in [4.69, 9.17) is 0 Å². The Morgan fingerprint density at radius 2 is 2.00 bits per heavy atom. The summed E-state index contributed by atoms with van der Waals surface area (Å²) in [5.41, 5.74) is -0.392. The van der Waals surface area contributed by atoms with Crippen molar-refractivity contribution in [1.29, 1.82) is 0 Å². The highest BCUT2D eigenvalue weighted by atomic mass is 79.9. The molecule has 5 heteroatoms. The Kier molecular flexibility index (Phi) is 4.02. The number of hydrogen-bond acceptors (Lipinski definition) is 1. The molecule has 1 saturated carbocycles. The molecule has 1 aromatic rings. The first kappa shape index (κ1) is 13.9. The Balaban J connectivity index is 2.13. The largest absolute Gasteiger partial charge is 0.416 e. The van der Waals surface area contributed by atoms with Crippen molar-refractivity contribution in [2.45, 2.75) is 38.0 Å². The molecular weight excluding hydrogens is 309 g/mol. The minimum atomic E-state index is -4.37. The van der Waals surface area contributed by atoms with Gasteiger partial charge in [0.05, 0.1) is 11.7 Å². The third-order valence-electron chi connectivity index (χ3n) is 3.23. The summed E-state index contributed by atoms with van der Waals surface area (Å²) in [4.78, 5) is 0. The van der Waals surface area contributed by atoms with E-state index >= 15 is 0 Å². The van der Waals surface area contributed by atoms with E-state index in [1.807, 2.05) is 0 Å². The van der Waals surface area contributed by atoms with Crippen LogP contribution in [0.5, 0.6) is 0 Å². The summed E-state index contributed by atoms with van der Waals surface area (Å²) < 4.78 is 38.3. The topological polar surface area (TPSA) is 20.2 Å². The van der Waals surface area contributed by atoms with Gasteiger partial charge in [0.1, 0.15) is 0 Å². The van der Waals surface area contributed by atoms with Crippen LogP contribution in [0.25, 0.3) is 0 Å². The highest BCUT2D eigenvalue weighted by Crippen LogP contribution is 2.38. The highest BCUT2D eigenvalue weighted by Gasteiger charge is 2.31. The average Bonchev–Trinajstić information content (AvgIpc) is 3.08. The molecule has 18 heavy (non-hydrogen) atoms. The number of alkyl halides is 3. The van der Waals surface area contributed by atoms with E-state index in [9.17, 15) is 18.3 Å². The maximum Gasteiger partial charge on any atom is 0.416 e. The average molecular weight is 323 g/mol. The van der Waals surface area contributed by atoms with Crippen LogP contribution < -0.4 is 0 Å². The van der Waals surface area contributed by atoms with Gasteiger partial charge in [-0.25, -0.2) is 0 Å². The number of rotatable bonds is 4. The van der Waals surface area contributed by atoms with Gasteiger partial charge >= 0.3 is 6.18 Å². The van der Waals surface area contributed by atoms with E-state index in [0.717, 1.165) is 18.6 Å². The maximum atomic E-state index is 12.6. The van der Waals surface area contributed by atoms with Crippen LogP contribution in [0.1, 0.15) is 42.9 Å². The zero-order valence-corrected chi connectivity index (χ0v) is 11.3. The standard InChI is InChI=1S/C13H14BrF3O/c14-11-5-4-9(13(15,16)17)7-10(11)12(18)6-3-8-1-2-8/h4-5,7-8,12,18H,1-3,6H2. The van der Waals surface area contributed by atoms with Crippen LogP contribution in [0.4, 0.5) is 13.2 Å². The molecule has 1 unspecified atom stereocenters. The van der Waals surface area contributed by atoms with Crippen LogP contribution in [-0.2, 0) is 6.18 Å². The Bertz CT molecular complexity index is 427. The Morgan fingerprint density at radius 1 is 1.33 bits per heavy atom. The third kappa shape index (κ3) is 3.48. The van der Waals surface area contributed by atoms with E-state index in [0.29, 0.717) is 22.4 Å². The molecule has 1 fully saturated rings. The van der Waals surface area contributed by atoms with Crippen molar-refractivity contribution >= 4 is 15.9 Å². The summed E-state index contributed by atoms with van der Waals surface area (Å²) >= 11 is 3.19. The predicted octanol–water partition coefficient (Wildman–Crippen LogP) is 4.69. The Hall–Kier alpha value is -0.550. The van der Waals surface area contributed by atoms with Crippen LogP contribution in [0.3, 0.4) is 0 Å². The van der Waals surface area contributed by atoms with Gasteiger partial charge in [0.15, 0.2) is 0 Å². The van der Waals surface area contributed by atoms with Gasteiger partial charge in [-0.05, 0) is 42.5 Å². The Labute approximate surface area is 112 Å². The minimum Gasteiger partial charge on any atom is -0.388 e. The molecule has 0 aromatic heterocycles. The smallest absolute Gasteiger partial charge is 0.388 e. The van der Waals surface area contributed by atoms with Gasteiger partial charge in [0.2, 0.25) is 0 Å². The summed E-state index contributed by atoms with van der Waals surface area (Å²) in [6, 6.07) is 3.39. The van der Waals surface area contributed by atoms with Gasteiger partial charge in [0.25, 0.3) is 0 Å². The first-order valence-corrected chi connectivity index (χ1v) is 6.72. The quantitative estimate of drug-likeness (QED) is 0.852. The molecule has 0 bridgehead atoms. The minimum absolute atomic E-state index is 0.325. The second-order valence-corrected chi connectivity index (χ2v) is 5.62. The first-order chi connectivity index (χ1) is 8.38. The fourth-order valence-corrected chi connectivity index (χ4v) is 2.44. The number of aliphatic hydroxyl groups is 1. The summed E-state index contributed by atoms with van der Waals surface area (Å²) in [6.45, 7) is 0. The molecule has 0 radical (unpaired) electrons. The van der Waals surface area contributed by atoms with Gasteiger partial charge in [0, 0.05) is 4.47 Å². The summed E-state index contributed by atoms with van der Waals surface area (Å²) in [5, 5.41) is 9.97. The lowest BCUT2D eigenvalue weighted by atomic mass is 10.0. The number of aliphatic hydroxyl groups excluding tert-OH is 1. The van der Waals surface area contributed by atoms with Crippen LogP contribution in [-0.4, -0.2) is 5.11 Å². The summed E-state index contributed by atoms with van der Waals surface area (Å²) in [5.74, 6) is 0.657. The van der Waals surface area contributed by atoms with Crippen molar-refractivity contribution in [2.24, 2.45) is 5.92 Å². The molecule has 1 aliphatic rings. The van der Waals surface area contributed by atoms with Crippen molar-refractivity contribution in [3.05, 3.63) is 33.8 Å². The van der Waals surface area contributed by atoms with Gasteiger partial charge in [-0.15, -0.1) is 0 Å². The SMILES string of the molecule is OC(CCC1CC1)c1cc(C(F)(F)F)ccc1Br. The molecule has 1 N–H and O–H groups in total. The van der Waals surface area contributed by atoms with Crippen molar-refractivity contribution in [2.75, 3.05) is 0 Å². The fourth-order valence-electron chi connectivity index (χ4n) is 1.93.